The van der Waals surface area contributed by atoms with Gasteiger partial charge in [0.1, 0.15) is 17.4 Å². The van der Waals surface area contributed by atoms with Gasteiger partial charge in [-0.3, -0.25) is 4.79 Å². The van der Waals surface area contributed by atoms with Gasteiger partial charge in [0.05, 0.1) is 44.3 Å². The molecule has 35 heavy (non-hydrogen) atoms. The second kappa shape index (κ2) is 11.8. The monoisotopic (exact) mass is 481 g/mol. The van der Waals surface area contributed by atoms with Crippen LogP contribution in [0.15, 0.2) is 40.5 Å². The Labute approximate surface area is 207 Å². The minimum absolute atomic E-state index is 0.0125. The number of nitriles is 1. The van der Waals surface area contributed by atoms with Gasteiger partial charge in [-0.1, -0.05) is 6.07 Å². The average molecular weight is 482 g/mol. The summed E-state index contributed by atoms with van der Waals surface area (Å²) >= 11 is 0. The molecule has 2 heterocycles. The molecule has 3 N–H and O–H groups in total. The maximum atomic E-state index is 13.8. The maximum absolute atomic E-state index is 13.8. The first-order valence-electron chi connectivity index (χ1n) is 12.4. The van der Waals surface area contributed by atoms with Crippen LogP contribution in [0.1, 0.15) is 56.9 Å². The van der Waals surface area contributed by atoms with Crippen LogP contribution in [0.25, 0.3) is 0 Å². The molecule has 8 nitrogen and oxygen atoms in total. The van der Waals surface area contributed by atoms with Crippen LogP contribution in [0, 0.1) is 18.3 Å². The van der Waals surface area contributed by atoms with Gasteiger partial charge in [-0.2, -0.15) is 5.26 Å². The summed E-state index contributed by atoms with van der Waals surface area (Å²) in [5, 5.41) is 9.97. The number of benzene rings is 1. The van der Waals surface area contributed by atoms with Crippen molar-refractivity contribution >= 4 is 0 Å². The third-order valence-electron chi connectivity index (χ3n) is 6.50. The summed E-state index contributed by atoms with van der Waals surface area (Å²) < 4.78 is 19.1. The highest BCUT2D eigenvalue weighted by Crippen LogP contribution is 2.42. The van der Waals surface area contributed by atoms with E-state index in [9.17, 15) is 10.1 Å². The van der Waals surface area contributed by atoms with Crippen molar-refractivity contribution < 1.29 is 19.1 Å². The van der Waals surface area contributed by atoms with Crippen LogP contribution in [0.3, 0.4) is 0 Å². The summed E-state index contributed by atoms with van der Waals surface area (Å²) in [6, 6.07) is 9.50. The largest absolute Gasteiger partial charge is 0.490 e. The van der Waals surface area contributed by atoms with Gasteiger partial charge in [0.25, 0.3) is 5.56 Å². The summed E-state index contributed by atoms with van der Waals surface area (Å²) in [7, 11) is 0. The summed E-state index contributed by atoms with van der Waals surface area (Å²) in [4.78, 5) is 15.3. The van der Waals surface area contributed by atoms with Crippen LogP contribution in [0.4, 0.5) is 0 Å². The number of hydrogen-bond acceptors (Lipinski definition) is 6. The molecule has 0 unspecified atom stereocenters. The molecule has 0 saturated carbocycles. The molecule has 3 rings (SSSR count). The molecule has 1 atom stereocenters. The predicted molar refractivity (Wildman–Crippen MR) is 135 cm³/mol. The van der Waals surface area contributed by atoms with E-state index in [2.05, 4.69) is 19.9 Å². The number of hydrogen-bond donors (Lipinski definition) is 2. The summed E-state index contributed by atoms with van der Waals surface area (Å²) in [6.07, 6.45) is 0.878. The highest BCUT2D eigenvalue weighted by Gasteiger charge is 2.35. The van der Waals surface area contributed by atoms with E-state index >= 15 is 0 Å². The van der Waals surface area contributed by atoms with Crippen molar-refractivity contribution in [2.75, 3.05) is 32.8 Å². The molecule has 2 aromatic rings. The quantitative estimate of drug-likeness (QED) is 0.511. The third-order valence-corrected chi connectivity index (χ3v) is 6.50. The molecule has 0 fully saturated rings. The number of pyridine rings is 1. The Hall–Kier alpha value is -3.44. The topological polar surface area (TPSA) is 104 Å². The van der Waals surface area contributed by atoms with E-state index in [1.165, 1.54) is 4.90 Å². The van der Waals surface area contributed by atoms with Gasteiger partial charge in [0.2, 0.25) is 5.88 Å². The average Bonchev–Trinajstić information content (AvgIpc) is 2.84. The number of quaternary nitrogens is 1. The van der Waals surface area contributed by atoms with E-state index in [1.807, 2.05) is 45.0 Å². The van der Waals surface area contributed by atoms with Crippen molar-refractivity contribution in [3.63, 3.8) is 0 Å². The molecule has 0 aliphatic carbocycles. The van der Waals surface area contributed by atoms with Gasteiger partial charge in [-0.05, 0) is 52.3 Å². The number of aromatic nitrogens is 1. The number of nitrogens with zero attached hydrogens (tertiary/aromatic N) is 2. The zero-order chi connectivity index (χ0) is 25.5. The number of ether oxygens (including phenoxy) is 3. The number of aryl methyl sites for hydroxylation is 1. The number of nitrogens with two attached hydrogens (primary N) is 1. The van der Waals surface area contributed by atoms with Crippen molar-refractivity contribution in [3.8, 4) is 23.3 Å². The minimum atomic E-state index is -0.661. The molecule has 8 heteroatoms. The first-order chi connectivity index (χ1) is 16.9. The third kappa shape index (κ3) is 5.46. The van der Waals surface area contributed by atoms with Gasteiger partial charge in [0.15, 0.2) is 11.5 Å². The number of allylic oxidation sites excluding steroid dienone is 1. The molecule has 188 valence electrons. The Morgan fingerprint density at radius 1 is 1.11 bits per heavy atom. The fourth-order valence-electron chi connectivity index (χ4n) is 4.64. The molecule has 1 aliphatic heterocycles. The van der Waals surface area contributed by atoms with E-state index in [0.717, 1.165) is 37.3 Å². The van der Waals surface area contributed by atoms with E-state index < -0.39 is 5.92 Å². The lowest BCUT2D eigenvalue weighted by molar-refractivity contribution is -0.896. The van der Waals surface area contributed by atoms with Gasteiger partial charge < -0.3 is 29.4 Å². The predicted octanol–water partition coefficient (Wildman–Crippen LogP) is 2.49. The lowest BCUT2D eigenvalue weighted by Crippen LogP contribution is -3.11. The standard InChI is InChI=1S/C27H36N4O4/c1-6-30(7-2)13-10-14-31-18(5)15-23-25(27(31)32)24(20(17-28)26(29)35-23)19-11-12-21(33-8-3)22(16-19)34-9-4/h11-12,15-16,24H,6-10,13-14,29H2,1-5H3/p+1/t24-/m1/s1. The van der Waals surface area contributed by atoms with Crippen molar-refractivity contribution in [2.45, 2.75) is 53.5 Å². The molecule has 0 amide bonds. The highest BCUT2D eigenvalue weighted by atomic mass is 16.5. The number of nitrogens with one attached hydrogen (secondary N) is 1. The summed E-state index contributed by atoms with van der Waals surface area (Å²) in [5.41, 5.74) is 8.15. The molecule has 0 saturated heterocycles. The number of fused-ring (bicyclic) bond motifs is 1. The Morgan fingerprint density at radius 3 is 2.43 bits per heavy atom. The Morgan fingerprint density at radius 2 is 1.80 bits per heavy atom. The van der Waals surface area contributed by atoms with E-state index in [-0.39, 0.29) is 17.0 Å². The van der Waals surface area contributed by atoms with Crippen LogP contribution >= 0.6 is 0 Å². The second-order valence-electron chi connectivity index (χ2n) is 8.58. The van der Waals surface area contributed by atoms with Crippen LogP contribution in [-0.2, 0) is 6.54 Å². The van der Waals surface area contributed by atoms with Crippen molar-refractivity contribution in [2.24, 2.45) is 5.73 Å². The van der Waals surface area contributed by atoms with Gasteiger partial charge in [-0.25, -0.2) is 0 Å². The number of rotatable bonds is 11. The molecule has 1 aromatic carbocycles. The molecular weight excluding hydrogens is 444 g/mol. The Bertz CT molecular complexity index is 1170. The SMILES string of the molecule is CCOc1ccc([C@@H]2C(C#N)=C(N)Oc3cc(C)n(CCC[NH+](CC)CC)c(=O)c32)cc1OCC. The highest BCUT2D eigenvalue weighted by molar-refractivity contribution is 5.57. The normalized spacial score (nSPS) is 14.9. The lowest BCUT2D eigenvalue weighted by Gasteiger charge is -2.28. The van der Waals surface area contributed by atoms with Crippen molar-refractivity contribution in [1.29, 1.82) is 5.26 Å². The Balaban J connectivity index is 2.11. The lowest BCUT2D eigenvalue weighted by atomic mass is 9.84. The fraction of sp³-hybridized carbons (Fsp3) is 0.481. The van der Waals surface area contributed by atoms with Gasteiger partial charge in [-0.15, -0.1) is 0 Å². The first kappa shape index (κ1) is 26.2. The maximum Gasteiger partial charge on any atom is 0.258 e. The summed E-state index contributed by atoms with van der Waals surface area (Å²) in [5.74, 6) is 0.919. The zero-order valence-corrected chi connectivity index (χ0v) is 21.4. The summed E-state index contributed by atoms with van der Waals surface area (Å²) in [6.45, 7) is 14.7. The molecule has 1 aliphatic rings. The molecule has 0 spiro atoms. The second-order valence-corrected chi connectivity index (χ2v) is 8.58. The minimum Gasteiger partial charge on any atom is -0.490 e. The smallest absolute Gasteiger partial charge is 0.258 e. The molecular formula is C27H37N4O4+. The van der Waals surface area contributed by atoms with E-state index in [4.69, 9.17) is 19.9 Å². The van der Waals surface area contributed by atoms with Crippen LogP contribution in [0.2, 0.25) is 0 Å². The van der Waals surface area contributed by atoms with Crippen molar-refractivity contribution in [3.05, 3.63) is 62.9 Å². The van der Waals surface area contributed by atoms with E-state index in [0.29, 0.717) is 42.6 Å². The first-order valence-corrected chi connectivity index (χ1v) is 12.4. The van der Waals surface area contributed by atoms with Crippen LogP contribution < -0.4 is 30.4 Å². The van der Waals surface area contributed by atoms with Crippen LogP contribution in [-0.4, -0.2) is 37.4 Å². The zero-order valence-electron chi connectivity index (χ0n) is 21.4. The van der Waals surface area contributed by atoms with Gasteiger partial charge >= 0.3 is 0 Å². The van der Waals surface area contributed by atoms with Crippen LogP contribution in [0.5, 0.6) is 17.2 Å². The molecule has 1 aromatic heterocycles. The van der Waals surface area contributed by atoms with Gasteiger partial charge in [0, 0.05) is 24.7 Å². The Kier molecular flexibility index (Phi) is 8.83. The fourth-order valence-corrected chi connectivity index (χ4v) is 4.64. The van der Waals surface area contributed by atoms with Crippen molar-refractivity contribution in [1.82, 2.24) is 4.57 Å². The molecule has 0 radical (unpaired) electrons. The van der Waals surface area contributed by atoms with E-state index in [1.54, 1.807) is 4.57 Å². The molecule has 0 bridgehead atoms.